The number of rotatable bonds is 23. The number of nitrogens with zero attached hydrogens (tertiary/aromatic N) is 1. The highest BCUT2D eigenvalue weighted by Gasteiger charge is 2.19. The SMILES string of the molecule is CC(C)SCCC(O)COC(=O)NCCN(CCCC(=O)OCC(O)SC(C)C)C(=O)OCC(O)CCSC(C)C. The largest absolute Gasteiger partial charge is 0.462 e. The summed E-state index contributed by atoms with van der Waals surface area (Å²) in [5.74, 6) is 1.01. The number of amides is 2. The number of aliphatic hydroxyl groups is 3. The Morgan fingerprint density at radius 3 is 1.85 bits per heavy atom. The zero-order valence-corrected chi connectivity index (χ0v) is 27.9. The Morgan fingerprint density at radius 2 is 1.32 bits per heavy atom. The molecule has 0 rings (SSSR count). The summed E-state index contributed by atoms with van der Waals surface area (Å²) in [4.78, 5) is 38.2. The smallest absolute Gasteiger partial charge is 0.409 e. The van der Waals surface area contributed by atoms with E-state index in [1.807, 2.05) is 13.8 Å². The van der Waals surface area contributed by atoms with Gasteiger partial charge in [0.2, 0.25) is 0 Å². The van der Waals surface area contributed by atoms with Crippen LogP contribution in [0.5, 0.6) is 0 Å². The van der Waals surface area contributed by atoms with Crippen LogP contribution < -0.4 is 5.32 Å². The van der Waals surface area contributed by atoms with Crippen molar-refractivity contribution in [2.75, 3.05) is 51.0 Å². The van der Waals surface area contributed by atoms with Gasteiger partial charge in [-0.05, 0) is 41.3 Å². The van der Waals surface area contributed by atoms with Crippen molar-refractivity contribution in [2.24, 2.45) is 0 Å². The fourth-order valence-electron chi connectivity index (χ4n) is 3.12. The number of ether oxygens (including phenoxy) is 3. The number of carbonyl (C=O) groups excluding carboxylic acids is 3. The average molecular weight is 645 g/mol. The molecule has 0 aliphatic rings. The predicted octanol–water partition coefficient (Wildman–Crippen LogP) is 3.72. The molecule has 14 heteroatoms. The number of carbonyl (C=O) groups is 3. The summed E-state index contributed by atoms with van der Waals surface area (Å²) >= 11 is 4.71. The first kappa shape index (κ1) is 39.9. The second kappa shape index (κ2) is 24.4. The summed E-state index contributed by atoms with van der Waals surface area (Å²) in [6, 6.07) is 0. The van der Waals surface area contributed by atoms with Crippen molar-refractivity contribution in [3.63, 3.8) is 0 Å². The van der Waals surface area contributed by atoms with Gasteiger partial charge in [-0.3, -0.25) is 4.79 Å². The Balaban J connectivity index is 4.67. The monoisotopic (exact) mass is 644 g/mol. The highest BCUT2D eigenvalue weighted by atomic mass is 32.2. The lowest BCUT2D eigenvalue weighted by molar-refractivity contribution is -0.145. The quantitative estimate of drug-likeness (QED) is 0.0728. The van der Waals surface area contributed by atoms with Gasteiger partial charge in [-0.25, -0.2) is 9.59 Å². The van der Waals surface area contributed by atoms with Gasteiger partial charge in [0.15, 0.2) is 0 Å². The summed E-state index contributed by atoms with van der Waals surface area (Å²) < 4.78 is 15.4. The first-order chi connectivity index (χ1) is 19.3. The van der Waals surface area contributed by atoms with Crippen LogP contribution in [-0.4, -0.2) is 123 Å². The maximum absolute atomic E-state index is 12.7. The molecule has 0 fully saturated rings. The first-order valence-corrected chi connectivity index (χ1v) is 17.2. The van der Waals surface area contributed by atoms with Crippen LogP contribution in [0.25, 0.3) is 0 Å². The minimum absolute atomic E-state index is 0.0281. The molecule has 0 saturated heterocycles. The Morgan fingerprint density at radius 1 is 0.756 bits per heavy atom. The van der Waals surface area contributed by atoms with E-state index in [-0.39, 0.29) is 57.5 Å². The zero-order chi connectivity index (χ0) is 31.2. The third kappa shape index (κ3) is 25.2. The standard InChI is InChI=1S/C27H52N2O9S3/c1-19(2)39-14-9-22(30)16-37-26(34)28-11-13-29(27(35)38-17-23(31)10-15-40-20(3)4)12-7-8-24(32)36-18-25(33)41-21(5)6/h19-23,25,30-31,33H,7-18H2,1-6H3,(H,28,34). The second-order valence-corrected chi connectivity index (χ2v) is 15.4. The number of hydrogen-bond acceptors (Lipinski definition) is 12. The molecule has 0 aliphatic heterocycles. The molecule has 0 aromatic carbocycles. The maximum atomic E-state index is 12.7. The van der Waals surface area contributed by atoms with E-state index in [1.165, 1.54) is 16.7 Å². The van der Waals surface area contributed by atoms with E-state index in [0.29, 0.717) is 23.3 Å². The lowest BCUT2D eigenvalue weighted by Gasteiger charge is -2.23. The highest BCUT2D eigenvalue weighted by molar-refractivity contribution is 8.00. The lowest BCUT2D eigenvalue weighted by atomic mass is 10.3. The van der Waals surface area contributed by atoms with Gasteiger partial charge in [0.25, 0.3) is 0 Å². The molecule has 0 heterocycles. The predicted molar refractivity (Wildman–Crippen MR) is 168 cm³/mol. The summed E-state index contributed by atoms with van der Waals surface area (Å²) in [7, 11) is 0. The van der Waals surface area contributed by atoms with Crippen molar-refractivity contribution in [1.82, 2.24) is 10.2 Å². The van der Waals surface area contributed by atoms with Crippen molar-refractivity contribution in [3.05, 3.63) is 0 Å². The van der Waals surface area contributed by atoms with Gasteiger partial charge in [-0.15, -0.1) is 11.8 Å². The van der Waals surface area contributed by atoms with Crippen LogP contribution in [0.3, 0.4) is 0 Å². The van der Waals surface area contributed by atoms with E-state index >= 15 is 0 Å². The molecule has 3 unspecified atom stereocenters. The van der Waals surface area contributed by atoms with E-state index in [4.69, 9.17) is 14.2 Å². The summed E-state index contributed by atoms with van der Waals surface area (Å²) in [6.07, 6.45) is -1.64. The number of hydrogen-bond donors (Lipinski definition) is 4. The summed E-state index contributed by atoms with van der Waals surface area (Å²) in [5.41, 5.74) is -0.804. The Kier molecular flexibility index (Phi) is 23.8. The molecule has 2 amide bonds. The molecule has 3 atom stereocenters. The molecule has 0 bridgehead atoms. The summed E-state index contributed by atoms with van der Waals surface area (Å²) in [5, 5.41) is 33.6. The molecule has 11 nitrogen and oxygen atoms in total. The normalized spacial score (nSPS) is 13.7. The van der Waals surface area contributed by atoms with Gasteiger partial charge in [-0.2, -0.15) is 23.5 Å². The average Bonchev–Trinajstić information content (AvgIpc) is 2.87. The van der Waals surface area contributed by atoms with Crippen LogP contribution in [0.1, 0.15) is 67.2 Å². The molecular weight excluding hydrogens is 593 g/mol. The van der Waals surface area contributed by atoms with Crippen LogP contribution in [-0.2, 0) is 19.0 Å². The number of thioether (sulfide) groups is 3. The maximum Gasteiger partial charge on any atom is 0.409 e. The number of aliphatic hydroxyl groups excluding tert-OH is 3. The third-order valence-corrected chi connectivity index (χ3v) is 8.42. The molecule has 0 spiro atoms. The molecule has 0 saturated carbocycles. The van der Waals surface area contributed by atoms with Gasteiger partial charge >= 0.3 is 18.2 Å². The van der Waals surface area contributed by atoms with E-state index in [2.05, 4.69) is 33.0 Å². The summed E-state index contributed by atoms with van der Waals surface area (Å²) in [6.45, 7) is 12.0. The minimum Gasteiger partial charge on any atom is -0.462 e. The van der Waals surface area contributed by atoms with Crippen molar-refractivity contribution in [2.45, 2.75) is 101 Å². The van der Waals surface area contributed by atoms with Crippen LogP contribution >= 0.6 is 35.3 Å². The van der Waals surface area contributed by atoms with E-state index in [0.717, 1.165) is 11.5 Å². The Hall–Kier alpha value is -1.06. The van der Waals surface area contributed by atoms with Gasteiger partial charge in [-0.1, -0.05) is 41.5 Å². The molecule has 4 N–H and O–H groups in total. The third-order valence-electron chi connectivity index (χ3n) is 5.14. The van der Waals surface area contributed by atoms with Crippen LogP contribution in [0.15, 0.2) is 0 Å². The van der Waals surface area contributed by atoms with Crippen LogP contribution in [0.4, 0.5) is 9.59 Å². The van der Waals surface area contributed by atoms with Gasteiger partial charge < -0.3 is 39.7 Å². The zero-order valence-electron chi connectivity index (χ0n) is 25.4. The van der Waals surface area contributed by atoms with E-state index in [9.17, 15) is 29.7 Å². The Bertz CT molecular complexity index is 718. The number of nitrogens with one attached hydrogen (secondary N) is 1. The highest BCUT2D eigenvalue weighted by Crippen LogP contribution is 2.15. The molecule has 0 radical (unpaired) electrons. The van der Waals surface area contributed by atoms with Gasteiger partial charge in [0.05, 0.1) is 12.2 Å². The molecule has 0 aromatic heterocycles. The van der Waals surface area contributed by atoms with Crippen molar-refractivity contribution < 1.29 is 43.9 Å². The fraction of sp³-hybridized carbons (Fsp3) is 0.889. The molecular formula is C27H52N2O9S3. The van der Waals surface area contributed by atoms with E-state index < -0.39 is 35.8 Å². The molecule has 0 aromatic rings. The molecule has 242 valence electrons. The van der Waals surface area contributed by atoms with Crippen molar-refractivity contribution in [1.29, 1.82) is 0 Å². The molecule has 0 aliphatic carbocycles. The Labute approximate surface area is 258 Å². The van der Waals surface area contributed by atoms with Crippen LogP contribution in [0, 0.1) is 0 Å². The second-order valence-electron chi connectivity index (χ2n) is 10.2. The van der Waals surface area contributed by atoms with Gasteiger partial charge in [0, 0.05) is 31.3 Å². The van der Waals surface area contributed by atoms with Crippen molar-refractivity contribution >= 4 is 53.4 Å². The fourth-order valence-corrected chi connectivity index (χ4v) is 5.65. The number of esters is 1. The number of alkyl carbamates (subject to hydrolysis) is 1. The lowest BCUT2D eigenvalue weighted by Crippen LogP contribution is -2.41. The van der Waals surface area contributed by atoms with E-state index in [1.54, 1.807) is 23.5 Å². The van der Waals surface area contributed by atoms with Gasteiger partial charge in [0.1, 0.15) is 25.3 Å². The van der Waals surface area contributed by atoms with Crippen LogP contribution in [0.2, 0.25) is 0 Å². The topological polar surface area (TPSA) is 155 Å². The van der Waals surface area contributed by atoms with Crippen molar-refractivity contribution in [3.8, 4) is 0 Å². The minimum atomic E-state index is -0.804. The first-order valence-electron chi connectivity index (χ1n) is 14.2. The molecule has 41 heavy (non-hydrogen) atoms.